The first kappa shape index (κ1) is 18.4. The number of ketones is 1. The predicted octanol–water partition coefficient (Wildman–Crippen LogP) is 4.26. The lowest BCUT2D eigenvalue weighted by Gasteiger charge is -2.08. The summed E-state index contributed by atoms with van der Waals surface area (Å²) in [4.78, 5) is 17.0. The second kappa shape index (κ2) is 7.31. The summed E-state index contributed by atoms with van der Waals surface area (Å²) in [5, 5.41) is 1.93. The van der Waals surface area contributed by atoms with Gasteiger partial charge in [0.05, 0.1) is 0 Å². The van der Waals surface area contributed by atoms with E-state index in [-0.39, 0.29) is 36.6 Å². The smallest absolute Gasteiger partial charge is 0.193 e. The molecule has 1 aliphatic carbocycles. The zero-order valence-electron chi connectivity index (χ0n) is 12.9. The van der Waals surface area contributed by atoms with Crippen LogP contribution in [0.3, 0.4) is 0 Å². The number of carbonyl (C=O) groups excluding carboxylic acids is 1. The molecule has 2 N–H and O–H groups in total. The maximum Gasteiger partial charge on any atom is 0.193 e. The van der Waals surface area contributed by atoms with Crippen LogP contribution < -0.4 is 5.73 Å². The van der Waals surface area contributed by atoms with E-state index in [1.54, 1.807) is 12.4 Å². The summed E-state index contributed by atoms with van der Waals surface area (Å²) < 4.78 is 0. The first-order valence-electron chi connectivity index (χ1n) is 7.50. The normalized spacial score (nSPS) is 15.3. The minimum absolute atomic E-state index is 0. The van der Waals surface area contributed by atoms with Gasteiger partial charge in [-0.15, -0.1) is 24.8 Å². The summed E-state index contributed by atoms with van der Waals surface area (Å²) in [5.41, 5.74) is 9.91. The Bertz CT molecular complexity index is 890. The molecule has 0 spiro atoms. The summed E-state index contributed by atoms with van der Waals surface area (Å²) >= 11 is 0. The SMILES string of the molecule is Cl.Cl.N[C@@H]1CCc2cc(C(=O)c3cccc4cnccc34)ccc21. The van der Waals surface area contributed by atoms with Gasteiger partial charge in [-0.05, 0) is 41.5 Å². The van der Waals surface area contributed by atoms with Gasteiger partial charge in [0.1, 0.15) is 0 Å². The minimum Gasteiger partial charge on any atom is -0.324 e. The van der Waals surface area contributed by atoms with Gasteiger partial charge in [-0.1, -0.05) is 30.3 Å². The summed E-state index contributed by atoms with van der Waals surface area (Å²) in [6.07, 6.45) is 5.43. The van der Waals surface area contributed by atoms with Crippen LogP contribution in [0.15, 0.2) is 54.9 Å². The van der Waals surface area contributed by atoms with Crippen molar-refractivity contribution in [2.45, 2.75) is 18.9 Å². The van der Waals surface area contributed by atoms with Crippen LogP contribution in [-0.2, 0) is 6.42 Å². The molecule has 1 atom stereocenters. The van der Waals surface area contributed by atoms with E-state index in [0.717, 1.165) is 34.7 Å². The highest BCUT2D eigenvalue weighted by Gasteiger charge is 2.21. The number of nitrogens with two attached hydrogens (primary N) is 1. The number of benzene rings is 2. The second-order valence-electron chi connectivity index (χ2n) is 5.79. The maximum atomic E-state index is 12.9. The molecule has 0 unspecified atom stereocenters. The number of halogens is 2. The van der Waals surface area contributed by atoms with Gasteiger partial charge < -0.3 is 5.73 Å². The Kier molecular flexibility index (Phi) is 5.60. The molecular weight excluding hydrogens is 343 g/mol. The van der Waals surface area contributed by atoms with Crippen molar-refractivity contribution in [1.82, 2.24) is 4.98 Å². The van der Waals surface area contributed by atoms with Crippen molar-refractivity contribution in [3.8, 4) is 0 Å². The maximum absolute atomic E-state index is 12.9. The van der Waals surface area contributed by atoms with E-state index in [1.807, 2.05) is 42.5 Å². The molecule has 2 aromatic carbocycles. The average molecular weight is 361 g/mol. The van der Waals surface area contributed by atoms with Gasteiger partial charge in [-0.2, -0.15) is 0 Å². The minimum atomic E-state index is 0. The van der Waals surface area contributed by atoms with Crippen molar-refractivity contribution in [2.75, 3.05) is 0 Å². The van der Waals surface area contributed by atoms with Crippen LogP contribution in [0.2, 0.25) is 0 Å². The van der Waals surface area contributed by atoms with Crippen molar-refractivity contribution in [1.29, 1.82) is 0 Å². The number of pyridine rings is 1. The molecule has 1 aliphatic rings. The Hall–Kier alpha value is -1.94. The fourth-order valence-electron chi connectivity index (χ4n) is 3.27. The predicted molar refractivity (Wildman–Crippen MR) is 101 cm³/mol. The van der Waals surface area contributed by atoms with Gasteiger partial charge in [0, 0.05) is 34.9 Å². The topological polar surface area (TPSA) is 56.0 Å². The van der Waals surface area contributed by atoms with Gasteiger partial charge in [-0.3, -0.25) is 9.78 Å². The molecule has 0 amide bonds. The van der Waals surface area contributed by atoms with E-state index >= 15 is 0 Å². The van der Waals surface area contributed by atoms with Gasteiger partial charge in [0.2, 0.25) is 0 Å². The molecule has 0 saturated heterocycles. The lowest BCUT2D eigenvalue weighted by molar-refractivity contribution is 0.104. The highest BCUT2D eigenvalue weighted by atomic mass is 35.5. The Morgan fingerprint density at radius 2 is 1.96 bits per heavy atom. The number of hydrogen-bond acceptors (Lipinski definition) is 3. The van der Waals surface area contributed by atoms with Crippen LogP contribution in [0.5, 0.6) is 0 Å². The molecule has 0 aliphatic heterocycles. The molecule has 5 heteroatoms. The monoisotopic (exact) mass is 360 g/mol. The number of aryl methyl sites for hydroxylation is 1. The number of hydrogen-bond donors (Lipinski definition) is 1. The molecule has 0 radical (unpaired) electrons. The van der Waals surface area contributed by atoms with E-state index in [4.69, 9.17) is 5.73 Å². The quantitative estimate of drug-likeness (QED) is 0.694. The van der Waals surface area contributed by atoms with E-state index in [2.05, 4.69) is 4.98 Å². The summed E-state index contributed by atoms with van der Waals surface area (Å²) in [6.45, 7) is 0. The Labute approximate surface area is 153 Å². The number of nitrogens with zero attached hydrogens (tertiary/aromatic N) is 1. The third-order valence-corrected chi connectivity index (χ3v) is 4.45. The average Bonchev–Trinajstić information content (AvgIpc) is 2.94. The number of carbonyl (C=O) groups is 1. The van der Waals surface area contributed by atoms with Crippen molar-refractivity contribution >= 4 is 41.4 Å². The van der Waals surface area contributed by atoms with Crippen molar-refractivity contribution in [3.05, 3.63) is 77.1 Å². The van der Waals surface area contributed by atoms with Gasteiger partial charge in [-0.25, -0.2) is 0 Å². The zero-order valence-corrected chi connectivity index (χ0v) is 14.6. The van der Waals surface area contributed by atoms with E-state index in [1.165, 1.54) is 11.1 Å². The Morgan fingerprint density at radius 1 is 1.12 bits per heavy atom. The van der Waals surface area contributed by atoms with Crippen LogP contribution in [0.25, 0.3) is 10.8 Å². The summed E-state index contributed by atoms with van der Waals surface area (Å²) in [5.74, 6) is 0.0556. The third-order valence-electron chi connectivity index (χ3n) is 4.45. The lowest BCUT2D eigenvalue weighted by Crippen LogP contribution is -2.06. The van der Waals surface area contributed by atoms with Crippen molar-refractivity contribution in [3.63, 3.8) is 0 Å². The second-order valence-corrected chi connectivity index (χ2v) is 5.79. The van der Waals surface area contributed by atoms with E-state index < -0.39 is 0 Å². The molecule has 0 saturated carbocycles. The zero-order chi connectivity index (χ0) is 15.1. The molecule has 1 aromatic heterocycles. The van der Waals surface area contributed by atoms with E-state index in [9.17, 15) is 4.79 Å². The van der Waals surface area contributed by atoms with Gasteiger partial charge >= 0.3 is 0 Å². The largest absolute Gasteiger partial charge is 0.324 e. The fourth-order valence-corrected chi connectivity index (χ4v) is 3.27. The molecule has 3 nitrogen and oxygen atoms in total. The molecular formula is C19H18Cl2N2O. The van der Waals surface area contributed by atoms with Crippen LogP contribution in [0, 0.1) is 0 Å². The highest BCUT2D eigenvalue weighted by Crippen LogP contribution is 2.31. The highest BCUT2D eigenvalue weighted by molar-refractivity contribution is 6.16. The molecule has 24 heavy (non-hydrogen) atoms. The number of aromatic nitrogens is 1. The van der Waals surface area contributed by atoms with Crippen LogP contribution in [0.1, 0.15) is 39.5 Å². The third kappa shape index (κ3) is 3.03. The molecule has 4 rings (SSSR count). The molecule has 0 fully saturated rings. The van der Waals surface area contributed by atoms with Gasteiger partial charge in [0.25, 0.3) is 0 Å². The standard InChI is InChI=1S/C19H16N2O.2ClH/c20-18-7-5-12-10-13(4-6-16(12)18)19(22)17-3-1-2-14-11-21-9-8-15(14)17;;/h1-4,6,8-11,18H,5,7,20H2;2*1H/t18-;;/m1../s1. The first-order chi connectivity index (χ1) is 10.7. The van der Waals surface area contributed by atoms with Crippen LogP contribution in [-0.4, -0.2) is 10.8 Å². The number of fused-ring (bicyclic) bond motifs is 2. The molecule has 124 valence electrons. The summed E-state index contributed by atoms with van der Waals surface area (Å²) in [6, 6.07) is 13.7. The van der Waals surface area contributed by atoms with Crippen molar-refractivity contribution < 1.29 is 4.79 Å². The Morgan fingerprint density at radius 3 is 2.79 bits per heavy atom. The van der Waals surface area contributed by atoms with Crippen LogP contribution in [0.4, 0.5) is 0 Å². The lowest BCUT2D eigenvalue weighted by atomic mass is 9.96. The molecule has 0 bridgehead atoms. The first-order valence-corrected chi connectivity index (χ1v) is 7.50. The Balaban J connectivity index is 0.00000104. The van der Waals surface area contributed by atoms with Crippen molar-refractivity contribution in [2.24, 2.45) is 5.73 Å². The van der Waals surface area contributed by atoms with Gasteiger partial charge in [0.15, 0.2) is 5.78 Å². The fraction of sp³-hybridized carbons (Fsp3) is 0.158. The number of rotatable bonds is 2. The molecule has 1 heterocycles. The van der Waals surface area contributed by atoms with Crippen LogP contribution >= 0.6 is 24.8 Å². The molecule has 3 aromatic rings. The van der Waals surface area contributed by atoms with E-state index in [0.29, 0.717) is 0 Å². The summed E-state index contributed by atoms with van der Waals surface area (Å²) in [7, 11) is 0.